The minimum atomic E-state index is -3.99. The zero-order valence-corrected chi connectivity index (χ0v) is 21.4. The van der Waals surface area contributed by atoms with Gasteiger partial charge in [-0.05, 0) is 54.6 Å². The lowest BCUT2D eigenvalue weighted by Crippen LogP contribution is -2.29. The van der Waals surface area contributed by atoms with E-state index in [0.717, 1.165) is 22.2 Å². The van der Waals surface area contributed by atoms with Crippen molar-refractivity contribution < 1.29 is 27.5 Å². The van der Waals surface area contributed by atoms with Crippen molar-refractivity contribution in [2.45, 2.75) is 18.2 Å². The highest BCUT2D eigenvalue weighted by Crippen LogP contribution is 2.37. The molecule has 2 N–H and O–H groups in total. The number of fused-ring (bicyclic) bond motifs is 1. The van der Waals surface area contributed by atoms with Gasteiger partial charge in [0.1, 0.15) is 11.5 Å². The summed E-state index contributed by atoms with van der Waals surface area (Å²) in [5.41, 5.74) is 3.60. The van der Waals surface area contributed by atoms with E-state index in [9.17, 15) is 18.0 Å². The number of carbonyl (C=O) groups is 2. The summed E-state index contributed by atoms with van der Waals surface area (Å²) < 4.78 is 37.6. The fourth-order valence-electron chi connectivity index (χ4n) is 3.82. The summed E-state index contributed by atoms with van der Waals surface area (Å²) in [7, 11) is -0.871. The Morgan fingerprint density at radius 1 is 0.946 bits per heavy atom. The Labute approximate surface area is 215 Å². The molecule has 8 nitrogen and oxygen atoms in total. The maximum Gasteiger partial charge on any atom is 0.264 e. The van der Waals surface area contributed by atoms with Crippen LogP contribution in [0.3, 0.4) is 0 Å². The number of aromatic amines is 1. The number of methoxy groups -OCH3 is 2. The number of H-pyrrole nitrogens is 1. The van der Waals surface area contributed by atoms with Gasteiger partial charge in [-0.15, -0.1) is 0 Å². The van der Waals surface area contributed by atoms with Crippen LogP contribution in [0.2, 0.25) is 0 Å². The number of nitrogens with one attached hydrogen (secondary N) is 2. The minimum absolute atomic E-state index is 0.0391. The molecule has 1 heterocycles. The summed E-state index contributed by atoms with van der Waals surface area (Å²) in [6, 6.07) is 19.0. The van der Waals surface area contributed by atoms with Gasteiger partial charge in [0.15, 0.2) is 5.78 Å². The zero-order valence-electron chi connectivity index (χ0n) is 20.6. The number of rotatable bonds is 9. The Morgan fingerprint density at radius 2 is 1.65 bits per heavy atom. The van der Waals surface area contributed by atoms with Crippen molar-refractivity contribution in [3.63, 3.8) is 0 Å². The van der Waals surface area contributed by atoms with Crippen LogP contribution in [0.15, 0.2) is 77.7 Å². The molecule has 190 valence electrons. The molecular weight excluding hydrogens is 492 g/mol. The second kappa shape index (κ2) is 10.7. The van der Waals surface area contributed by atoms with Crippen LogP contribution in [0.25, 0.3) is 28.2 Å². The van der Waals surface area contributed by atoms with Crippen LogP contribution in [-0.4, -0.2) is 39.3 Å². The molecule has 0 spiro atoms. The first-order chi connectivity index (χ1) is 17.7. The number of hydrogen-bond donors (Lipinski definition) is 2. The van der Waals surface area contributed by atoms with Gasteiger partial charge in [0.05, 0.1) is 24.8 Å². The lowest BCUT2D eigenvalue weighted by Gasteiger charge is -2.12. The second-order valence-corrected chi connectivity index (χ2v) is 9.85. The molecule has 0 saturated heterocycles. The summed E-state index contributed by atoms with van der Waals surface area (Å²) >= 11 is 0. The van der Waals surface area contributed by atoms with E-state index in [4.69, 9.17) is 9.47 Å². The zero-order chi connectivity index (χ0) is 26.6. The van der Waals surface area contributed by atoms with E-state index in [0.29, 0.717) is 22.6 Å². The monoisotopic (exact) mass is 518 g/mol. The van der Waals surface area contributed by atoms with Crippen molar-refractivity contribution in [3.8, 4) is 22.8 Å². The van der Waals surface area contributed by atoms with Crippen LogP contribution in [0.4, 0.5) is 0 Å². The van der Waals surface area contributed by atoms with E-state index in [1.807, 2.05) is 41.1 Å². The van der Waals surface area contributed by atoms with Gasteiger partial charge >= 0.3 is 0 Å². The van der Waals surface area contributed by atoms with E-state index in [1.165, 1.54) is 37.5 Å². The fraction of sp³-hybridized carbons (Fsp3) is 0.143. The SMILES string of the molecule is CCC(=O)NS(=O)(=O)c1ccc(C(=O)C=Cc2cc(-c3cc4ccccc4[nH]3)c(OC)cc2OC)cc1. The average Bonchev–Trinajstić information content (AvgIpc) is 3.35. The topological polar surface area (TPSA) is 115 Å². The van der Waals surface area contributed by atoms with Crippen LogP contribution < -0.4 is 14.2 Å². The standard InChI is InChI=1S/C28H26N2O6S/c1-4-28(32)30-37(33,34)21-12-9-18(10-13-21)25(31)14-11-20-15-22(27(36-3)17-26(20)35-2)24-16-19-7-5-6-8-23(19)29-24/h5-17,29H,4H2,1-3H3,(H,30,32). The maximum absolute atomic E-state index is 12.8. The van der Waals surface area contributed by atoms with Gasteiger partial charge in [0.25, 0.3) is 10.0 Å². The highest BCUT2D eigenvalue weighted by atomic mass is 32.2. The fourth-order valence-corrected chi connectivity index (χ4v) is 4.88. The molecule has 0 aliphatic rings. The smallest absolute Gasteiger partial charge is 0.264 e. The molecule has 0 fully saturated rings. The number of benzene rings is 3. The first kappa shape index (κ1) is 25.7. The normalized spacial score (nSPS) is 11.5. The molecule has 0 unspecified atom stereocenters. The highest BCUT2D eigenvalue weighted by Gasteiger charge is 2.17. The molecule has 0 atom stereocenters. The molecular formula is C28H26N2O6S. The number of ketones is 1. The summed E-state index contributed by atoms with van der Waals surface area (Å²) in [4.78, 5) is 27.6. The molecule has 37 heavy (non-hydrogen) atoms. The van der Waals surface area contributed by atoms with Gasteiger partial charge in [-0.3, -0.25) is 9.59 Å². The van der Waals surface area contributed by atoms with Crippen LogP contribution in [0, 0.1) is 0 Å². The quantitative estimate of drug-likeness (QED) is 0.239. The van der Waals surface area contributed by atoms with E-state index in [1.54, 1.807) is 26.2 Å². The molecule has 4 aromatic rings. The molecule has 4 rings (SSSR count). The second-order valence-electron chi connectivity index (χ2n) is 8.17. The molecule has 0 bridgehead atoms. The van der Waals surface area contributed by atoms with Crippen LogP contribution in [0.5, 0.6) is 11.5 Å². The summed E-state index contributed by atoms with van der Waals surface area (Å²) in [5.74, 6) is 0.197. The summed E-state index contributed by atoms with van der Waals surface area (Å²) in [6.45, 7) is 1.56. The third-order valence-corrected chi connectivity index (χ3v) is 7.19. The Hall–Kier alpha value is -4.37. The van der Waals surface area contributed by atoms with Gasteiger partial charge in [-0.2, -0.15) is 0 Å². The number of sulfonamides is 1. The largest absolute Gasteiger partial charge is 0.496 e. The Balaban J connectivity index is 1.62. The molecule has 1 amide bonds. The number of aromatic nitrogens is 1. The molecule has 1 aromatic heterocycles. The lowest BCUT2D eigenvalue weighted by molar-refractivity contribution is -0.119. The van der Waals surface area contributed by atoms with E-state index >= 15 is 0 Å². The summed E-state index contributed by atoms with van der Waals surface area (Å²) in [5, 5.41) is 1.06. The number of amides is 1. The molecule has 0 radical (unpaired) electrons. The van der Waals surface area contributed by atoms with Crippen molar-refractivity contribution in [2.24, 2.45) is 0 Å². The number of hydrogen-bond acceptors (Lipinski definition) is 6. The van der Waals surface area contributed by atoms with Crippen LogP contribution >= 0.6 is 0 Å². The van der Waals surface area contributed by atoms with Crippen molar-refractivity contribution >= 4 is 38.7 Å². The predicted octanol–water partition coefficient (Wildman–Crippen LogP) is 4.96. The molecule has 3 aromatic carbocycles. The third kappa shape index (κ3) is 5.57. The molecule has 0 saturated carbocycles. The molecule has 0 aliphatic carbocycles. The highest BCUT2D eigenvalue weighted by molar-refractivity contribution is 7.90. The van der Waals surface area contributed by atoms with Gasteiger partial charge in [0, 0.05) is 40.1 Å². The maximum atomic E-state index is 12.8. The average molecular weight is 519 g/mol. The summed E-state index contributed by atoms with van der Waals surface area (Å²) in [6.07, 6.45) is 3.07. The van der Waals surface area contributed by atoms with Crippen LogP contribution in [-0.2, 0) is 14.8 Å². The van der Waals surface area contributed by atoms with Gasteiger partial charge in [0.2, 0.25) is 5.91 Å². The number of ether oxygens (including phenoxy) is 2. The Bertz CT molecular complexity index is 1570. The van der Waals surface area contributed by atoms with Gasteiger partial charge < -0.3 is 14.5 Å². The number of para-hydroxylation sites is 1. The van der Waals surface area contributed by atoms with E-state index < -0.39 is 15.9 Å². The van der Waals surface area contributed by atoms with Crippen molar-refractivity contribution in [1.82, 2.24) is 9.71 Å². The van der Waals surface area contributed by atoms with Crippen LogP contribution in [0.1, 0.15) is 29.3 Å². The third-order valence-electron chi connectivity index (χ3n) is 5.80. The van der Waals surface area contributed by atoms with E-state index in [2.05, 4.69) is 4.98 Å². The first-order valence-corrected chi connectivity index (χ1v) is 13.0. The Morgan fingerprint density at radius 3 is 2.30 bits per heavy atom. The predicted molar refractivity (Wildman–Crippen MR) is 142 cm³/mol. The molecule has 0 aliphatic heterocycles. The van der Waals surface area contributed by atoms with Crippen molar-refractivity contribution in [2.75, 3.05) is 14.2 Å². The van der Waals surface area contributed by atoms with Gasteiger partial charge in [-0.25, -0.2) is 13.1 Å². The number of allylic oxidation sites excluding steroid dienone is 1. The Kier molecular flexibility index (Phi) is 7.45. The lowest BCUT2D eigenvalue weighted by atomic mass is 10.0. The molecule has 9 heteroatoms. The van der Waals surface area contributed by atoms with Crippen molar-refractivity contribution in [1.29, 1.82) is 0 Å². The first-order valence-electron chi connectivity index (χ1n) is 11.5. The minimum Gasteiger partial charge on any atom is -0.496 e. The van der Waals surface area contributed by atoms with Crippen molar-refractivity contribution in [3.05, 3.63) is 83.9 Å². The number of carbonyl (C=O) groups excluding carboxylic acids is 2. The van der Waals surface area contributed by atoms with E-state index in [-0.39, 0.29) is 17.1 Å². The van der Waals surface area contributed by atoms with Gasteiger partial charge in [-0.1, -0.05) is 25.1 Å².